The second-order valence-corrected chi connectivity index (χ2v) is 8.25. The fourth-order valence-corrected chi connectivity index (χ4v) is 5.04. The Hall–Kier alpha value is -3.23. The van der Waals surface area contributed by atoms with E-state index in [2.05, 4.69) is 9.97 Å². The zero-order valence-corrected chi connectivity index (χ0v) is 16.8. The molecule has 5 rings (SSSR count). The molecule has 2 saturated heterocycles. The number of nitrogens with zero attached hydrogens (tertiary/aromatic N) is 3. The van der Waals surface area contributed by atoms with Crippen LogP contribution in [0.2, 0.25) is 0 Å². The van der Waals surface area contributed by atoms with Crippen LogP contribution >= 0.6 is 0 Å². The predicted octanol–water partition coefficient (Wildman–Crippen LogP) is 5.13. The van der Waals surface area contributed by atoms with Crippen molar-refractivity contribution < 1.29 is 26.8 Å². The molecule has 32 heavy (non-hydrogen) atoms. The Morgan fingerprint density at radius 3 is 2.69 bits per heavy atom. The molecule has 9 heteroatoms. The molecule has 0 saturated carbocycles. The van der Waals surface area contributed by atoms with Gasteiger partial charge in [-0.05, 0) is 55.9 Å². The second-order valence-electron chi connectivity index (χ2n) is 8.25. The van der Waals surface area contributed by atoms with Gasteiger partial charge in [0.05, 0.1) is 22.9 Å². The van der Waals surface area contributed by atoms with Gasteiger partial charge in [0, 0.05) is 24.0 Å². The maximum absolute atomic E-state index is 14.6. The monoisotopic (exact) mass is 445 g/mol. The molecular formula is C23H19F4N3O2. The van der Waals surface area contributed by atoms with E-state index in [-0.39, 0.29) is 40.9 Å². The van der Waals surface area contributed by atoms with Crippen molar-refractivity contribution in [2.75, 3.05) is 0 Å². The van der Waals surface area contributed by atoms with E-state index in [0.717, 1.165) is 31.5 Å². The van der Waals surface area contributed by atoms with E-state index in [1.165, 1.54) is 30.7 Å². The van der Waals surface area contributed by atoms with Gasteiger partial charge in [0.2, 0.25) is 5.89 Å². The zero-order valence-electron chi connectivity index (χ0n) is 16.8. The lowest BCUT2D eigenvalue weighted by molar-refractivity contribution is -0.137. The predicted molar refractivity (Wildman–Crippen MR) is 106 cm³/mol. The van der Waals surface area contributed by atoms with E-state index >= 15 is 0 Å². The average Bonchev–Trinajstić information content (AvgIpc) is 3.49. The summed E-state index contributed by atoms with van der Waals surface area (Å²) >= 11 is 0. The van der Waals surface area contributed by atoms with E-state index in [4.69, 9.17) is 4.42 Å². The number of carbonyl (C=O) groups excluding carboxylic acids is 1. The Bertz CT molecular complexity index is 1130. The Morgan fingerprint density at radius 2 is 2.00 bits per heavy atom. The molecule has 4 heterocycles. The van der Waals surface area contributed by atoms with Gasteiger partial charge >= 0.3 is 6.18 Å². The summed E-state index contributed by atoms with van der Waals surface area (Å²) in [5.74, 6) is -0.743. The first-order chi connectivity index (χ1) is 15.3. The first-order valence-electron chi connectivity index (χ1n) is 10.4. The van der Waals surface area contributed by atoms with E-state index in [1.807, 2.05) is 0 Å². The van der Waals surface area contributed by atoms with E-state index < -0.39 is 17.6 Å². The van der Waals surface area contributed by atoms with Crippen LogP contribution in [-0.4, -0.2) is 32.9 Å². The molecule has 3 atom stereocenters. The summed E-state index contributed by atoms with van der Waals surface area (Å²) in [6.45, 7) is 0. The number of hydrogen-bond donors (Lipinski definition) is 0. The van der Waals surface area contributed by atoms with Crippen LogP contribution in [0.5, 0.6) is 0 Å². The Morgan fingerprint density at radius 1 is 1.16 bits per heavy atom. The van der Waals surface area contributed by atoms with Gasteiger partial charge < -0.3 is 9.32 Å². The van der Waals surface area contributed by atoms with E-state index in [9.17, 15) is 22.4 Å². The van der Waals surface area contributed by atoms with Gasteiger partial charge in [-0.1, -0.05) is 6.07 Å². The van der Waals surface area contributed by atoms with Crippen molar-refractivity contribution in [3.8, 4) is 11.5 Å². The van der Waals surface area contributed by atoms with Crippen LogP contribution in [0, 0.1) is 11.7 Å². The number of aromatic nitrogens is 2. The lowest BCUT2D eigenvalue weighted by Crippen LogP contribution is -2.37. The molecule has 1 amide bonds. The highest BCUT2D eigenvalue weighted by molar-refractivity contribution is 6.00. The number of amides is 1. The highest BCUT2D eigenvalue weighted by atomic mass is 19.4. The van der Waals surface area contributed by atoms with Crippen LogP contribution in [0.25, 0.3) is 11.5 Å². The SMILES string of the molecule is O=C(c1cccc(F)c1-c1ncco1)N1C2CCC1C(Cc1ccc(C(F)(F)F)cn1)C2. The van der Waals surface area contributed by atoms with Crippen molar-refractivity contribution in [2.24, 2.45) is 5.92 Å². The van der Waals surface area contributed by atoms with Gasteiger partial charge in [-0.25, -0.2) is 9.37 Å². The number of pyridine rings is 1. The lowest BCUT2D eigenvalue weighted by Gasteiger charge is -2.25. The number of hydrogen-bond acceptors (Lipinski definition) is 4. The number of halogens is 4. The average molecular weight is 445 g/mol. The normalized spacial score (nSPS) is 22.5. The summed E-state index contributed by atoms with van der Waals surface area (Å²) in [6, 6.07) is 6.67. The van der Waals surface area contributed by atoms with Crippen molar-refractivity contribution in [3.05, 3.63) is 71.6 Å². The molecule has 0 spiro atoms. The van der Waals surface area contributed by atoms with Crippen LogP contribution in [0.15, 0.2) is 53.4 Å². The molecule has 0 radical (unpaired) electrons. The number of carbonyl (C=O) groups is 1. The number of benzene rings is 1. The first-order valence-corrected chi connectivity index (χ1v) is 10.4. The third-order valence-corrected chi connectivity index (χ3v) is 6.41. The molecular weight excluding hydrogens is 426 g/mol. The standard InChI is InChI=1S/C23H19F4N3O2/c24-18-3-1-2-17(20(18)21-28-8-9-32-21)22(31)30-16-6-7-19(30)13(11-16)10-15-5-4-14(12-29-15)23(25,26)27/h1-5,8-9,12-13,16,19H,6-7,10-11H2. The Kier molecular flexibility index (Phi) is 4.98. The molecule has 2 fully saturated rings. The van der Waals surface area contributed by atoms with Gasteiger partial charge in [0.25, 0.3) is 5.91 Å². The van der Waals surface area contributed by atoms with E-state index in [0.29, 0.717) is 12.1 Å². The molecule has 1 aromatic carbocycles. The zero-order chi connectivity index (χ0) is 22.5. The van der Waals surface area contributed by atoms with E-state index in [1.54, 1.807) is 11.0 Å². The van der Waals surface area contributed by atoms with Gasteiger partial charge in [-0.15, -0.1) is 0 Å². The molecule has 2 aromatic heterocycles. The largest absolute Gasteiger partial charge is 0.444 e. The molecule has 2 aliphatic heterocycles. The molecule has 3 unspecified atom stereocenters. The topological polar surface area (TPSA) is 59.2 Å². The van der Waals surface area contributed by atoms with Crippen LogP contribution < -0.4 is 0 Å². The molecule has 5 nitrogen and oxygen atoms in total. The van der Waals surface area contributed by atoms with Crippen LogP contribution in [0.1, 0.15) is 40.9 Å². The van der Waals surface area contributed by atoms with Gasteiger partial charge in [0.1, 0.15) is 12.1 Å². The summed E-state index contributed by atoms with van der Waals surface area (Å²) in [7, 11) is 0. The maximum atomic E-state index is 14.6. The highest BCUT2D eigenvalue weighted by Gasteiger charge is 2.49. The summed E-state index contributed by atoms with van der Waals surface area (Å²) in [6.07, 6.45) is 2.00. The third kappa shape index (κ3) is 3.55. The van der Waals surface area contributed by atoms with Crippen molar-refractivity contribution in [1.29, 1.82) is 0 Å². The summed E-state index contributed by atoms with van der Waals surface area (Å²) in [5.41, 5.74) is 0.0118. The quantitative estimate of drug-likeness (QED) is 0.523. The lowest BCUT2D eigenvalue weighted by atomic mass is 9.86. The van der Waals surface area contributed by atoms with Crippen LogP contribution in [-0.2, 0) is 12.6 Å². The van der Waals surface area contributed by atoms with Gasteiger partial charge in [0.15, 0.2) is 0 Å². The minimum atomic E-state index is -4.42. The number of rotatable bonds is 4. The Labute approximate surface area is 181 Å². The minimum absolute atomic E-state index is 0.00706. The van der Waals surface area contributed by atoms with Crippen LogP contribution in [0.3, 0.4) is 0 Å². The fourth-order valence-electron chi connectivity index (χ4n) is 5.04. The molecule has 166 valence electrons. The molecule has 2 bridgehead atoms. The maximum Gasteiger partial charge on any atom is 0.417 e. The van der Waals surface area contributed by atoms with Gasteiger partial charge in [-0.2, -0.15) is 13.2 Å². The molecule has 2 aliphatic rings. The minimum Gasteiger partial charge on any atom is -0.444 e. The summed E-state index contributed by atoms with van der Waals surface area (Å²) in [4.78, 5) is 23.3. The second kappa shape index (κ2) is 7.72. The smallest absolute Gasteiger partial charge is 0.417 e. The molecule has 0 aliphatic carbocycles. The molecule has 0 N–H and O–H groups in total. The van der Waals surface area contributed by atoms with Crippen molar-refractivity contribution >= 4 is 5.91 Å². The highest BCUT2D eigenvalue weighted by Crippen LogP contribution is 2.44. The molecule has 3 aromatic rings. The number of oxazole rings is 1. The number of alkyl halides is 3. The van der Waals surface area contributed by atoms with Crippen molar-refractivity contribution in [3.63, 3.8) is 0 Å². The van der Waals surface area contributed by atoms with Gasteiger partial charge in [-0.3, -0.25) is 9.78 Å². The summed E-state index contributed by atoms with van der Waals surface area (Å²) in [5, 5.41) is 0. The Balaban J connectivity index is 1.38. The third-order valence-electron chi connectivity index (χ3n) is 6.41. The van der Waals surface area contributed by atoms with Crippen molar-refractivity contribution in [1.82, 2.24) is 14.9 Å². The summed E-state index contributed by atoms with van der Waals surface area (Å²) < 4.78 is 58.2. The number of fused-ring (bicyclic) bond motifs is 2. The fraction of sp³-hybridized carbons (Fsp3) is 0.348. The van der Waals surface area contributed by atoms with Crippen molar-refractivity contribution in [2.45, 2.75) is 43.9 Å². The van der Waals surface area contributed by atoms with Crippen LogP contribution in [0.4, 0.5) is 17.6 Å². The first kappa shape index (κ1) is 20.7.